The van der Waals surface area contributed by atoms with Crippen LogP contribution in [-0.2, 0) is 4.79 Å². The summed E-state index contributed by atoms with van der Waals surface area (Å²) in [7, 11) is 0. The van der Waals surface area contributed by atoms with Crippen molar-refractivity contribution in [3.8, 4) is 0 Å². The van der Waals surface area contributed by atoms with Crippen molar-refractivity contribution in [1.29, 1.82) is 0 Å². The van der Waals surface area contributed by atoms with E-state index in [1.807, 2.05) is 13.8 Å². The van der Waals surface area contributed by atoms with Crippen LogP contribution < -0.4 is 0 Å². The highest BCUT2D eigenvalue weighted by Crippen LogP contribution is 2.42. The predicted octanol–water partition coefficient (Wildman–Crippen LogP) is 4.09. The highest BCUT2D eigenvalue weighted by atomic mass is 32.2. The number of thioether (sulfide) groups is 1. The molecule has 2 aromatic carbocycles. The molecule has 0 bridgehead atoms. The Morgan fingerprint density at radius 1 is 1.07 bits per heavy atom. The second-order valence-electron chi connectivity index (χ2n) is 6.61. The van der Waals surface area contributed by atoms with E-state index in [4.69, 9.17) is 0 Å². The smallest absolute Gasteiger partial charge is 0.253 e. The number of likely N-dealkylation sites (N-methyl/N-ethyl adjacent to an activating group) is 1. The van der Waals surface area contributed by atoms with Crippen LogP contribution in [-0.4, -0.2) is 46.5 Å². The van der Waals surface area contributed by atoms with Gasteiger partial charge in [0.05, 0.1) is 5.25 Å². The fourth-order valence-electron chi connectivity index (χ4n) is 3.19. The van der Waals surface area contributed by atoms with Crippen molar-refractivity contribution < 1.29 is 18.4 Å². The van der Waals surface area contributed by atoms with Crippen molar-refractivity contribution in [2.24, 2.45) is 0 Å². The molecule has 3 rings (SSSR count). The van der Waals surface area contributed by atoms with Crippen LogP contribution in [0.5, 0.6) is 0 Å². The molecular formula is C21H22F2N2O2S. The summed E-state index contributed by atoms with van der Waals surface area (Å²) in [6.45, 7) is 4.93. The van der Waals surface area contributed by atoms with E-state index in [1.54, 1.807) is 21.9 Å². The van der Waals surface area contributed by atoms with Crippen molar-refractivity contribution in [2.45, 2.75) is 24.5 Å². The van der Waals surface area contributed by atoms with E-state index in [1.165, 1.54) is 48.2 Å². The number of halogens is 2. The highest BCUT2D eigenvalue weighted by molar-refractivity contribution is 8.01. The van der Waals surface area contributed by atoms with Gasteiger partial charge in [-0.25, -0.2) is 8.78 Å². The zero-order chi connectivity index (χ0) is 20.3. The average molecular weight is 404 g/mol. The van der Waals surface area contributed by atoms with Gasteiger partial charge >= 0.3 is 0 Å². The SMILES string of the molecule is CCN(CCN1C(=O)[C@H](C)S[C@@H]1c1ccc(F)cc1)C(=O)c1ccc(F)cc1. The van der Waals surface area contributed by atoms with E-state index in [0.29, 0.717) is 25.2 Å². The maximum Gasteiger partial charge on any atom is 0.253 e. The van der Waals surface area contributed by atoms with Crippen molar-refractivity contribution in [3.63, 3.8) is 0 Å². The summed E-state index contributed by atoms with van der Waals surface area (Å²) in [6.07, 6.45) is 0. The molecule has 1 fully saturated rings. The minimum Gasteiger partial charge on any atom is -0.337 e. The maximum atomic E-state index is 13.2. The first-order chi connectivity index (χ1) is 13.4. The minimum absolute atomic E-state index is 0.00427. The fourth-order valence-corrected chi connectivity index (χ4v) is 4.50. The lowest BCUT2D eigenvalue weighted by molar-refractivity contribution is -0.130. The molecule has 2 atom stereocenters. The number of amides is 2. The number of rotatable bonds is 6. The van der Waals surface area contributed by atoms with Gasteiger partial charge in [-0.1, -0.05) is 12.1 Å². The number of carbonyl (C=O) groups excluding carboxylic acids is 2. The molecule has 148 valence electrons. The molecule has 0 aliphatic carbocycles. The Kier molecular flexibility index (Phi) is 6.34. The summed E-state index contributed by atoms with van der Waals surface area (Å²) in [6, 6.07) is 11.6. The predicted molar refractivity (Wildman–Crippen MR) is 106 cm³/mol. The first-order valence-electron chi connectivity index (χ1n) is 9.17. The molecule has 0 aromatic heterocycles. The van der Waals surface area contributed by atoms with Crippen LogP contribution in [0.1, 0.15) is 35.1 Å². The van der Waals surface area contributed by atoms with Gasteiger partial charge in [-0.05, 0) is 55.8 Å². The lowest BCUT2D eigenvalue weighted by Crippen LogP contribution is -2.40. The van der Waals surface area contributed by atoms with Gasteiger partial charge in [0, 0.05) is 25.2 Å². The van der Waals surface area contributed by atoms with Gasteiger partial charge in [0.2, 0.25) is 5.91 Å². The Balaban J connectivity index is 1.72. The molecule has 1 aliphatic heterocycles. The molecule has 1 heterocycles. The Bertz CT molecular complexity index is 842. The Hall–Kier alpha value is -2.41. The lowest BCUT2D eigenvalue weighted by atomic mass is 10.2. The summed E-state index contributed by atoms with van der Waals surface area (Å²) in [5, 5.41) is -0.402. The summed E-state index contributed by atoms with van der Waals surface area (Å²) in [5.74, 6) is -0.909. The van der Waals surface area contributed by atoms with E-state index in [2.05, 4.69) is 0 Å². The number of nitrogens with zero attached hydrogens (tertiary/aromatic N) is 2. The third-order valence-electron chi connectivity index (χ3n) is 4.77. The molecule has 0 spiro atoms. The van der Waals surface area contributed by atoms with Crippen LogP contribution in [0.4, 0.5) is 8.78 Å². The quantitative estimate of drug-likeness (QED) is 0.728. The van der Waals surface area contributed by atoms with Gasteiger partial charge in [0.1, 0.15) is 17.0 Å². The molecule has 2 amide bonds. The van der Waals surface area contributed by atoms with Gasteiger partial charge in [0.15, 0.2) is 0 Å². The second-order valence-corrected chi connectivity index (χ2v) is 8.03. The molecular weight excluding hydrogens is 382 g/mol. The summed E-state index contributed by atoms with van der Waals surface area (Å²) < 4.78 is 26.3. The van der Waals surface area contributed by atoms with E-state index < -0.39 is 5.82 Å². The van der Waals surface area contributed by atoms with Crippen LogP contribution >= 0.6 is 11.8 Å². The fraction of sp³-hybridized carbons (Fsp3) is 0.333. The molecule has 28 heavy (non-hydrogen) atoms. The van der Waals surface area contributed by atoms with Crippen LogP contribution in [0, 0.1) is 11.6 Å². The summed E-state index contributed by atoms with van der Waals surface area (Å²) >= 11 is 1.52. The molecule has 1 saturated heterocycles. The number of carbonyl (C=O) groups is 2. The Morgan fingerprint density at radius 3 is 2.21 bits per heavy atom. The van der Waals surface area contributed by atoms with Gasteiger partial charge in [-0.3, -0.25) is 9.59 Å². The molecule has 7 heteroatoms. The van der Waals surface area contributed by atoms with Gasteiger partial charge in [-0.15, -0.1) is 11.8 Å². The maximum absolute atomic E-state index is 13.2. The first-order valence-corrected chi connectivity index (χ1v) is 10.1. The summed E-state index contributed by atoms with van der Waals surface area (Å²) in [4.78, 5) is 28.7. The molecule has 1 aliphatic rings. The van der Waals surface area contributed by atoms with Crippen molar-refractivity contribution in [3.05, 3.63) is 71.3 Å². The van der Waals surface area contributed by atoms with E-state index >= 15 is 0 Å². The van der Waals surface area contributed by atoms with E-state index in [9.17, 15) is 18.4 Å². The van der Waals surface area contributed by atoms with E-state index in [-0.39, 0.29) is 28.3 Å². The van der Waals surface area contributed by atoms with Crippen LogP contribution in [0.3, 0.4) is 0 Å². The number of hydrogen-bond acceptors (Lipinski definition) is 3. The molecule has 0 N–H and O–H groups in total. The zero-order valence-electron chi connectivity index (χ0n) is 15.8. The van der Waals surface area contributed by atoms with Gasteiger partial charge < -0.3 is 9.80 Å². The van der Waals surface area contributed by atoms with E-state index in [0.717, 1.165) is 5.56 Å². The van der Waals surface area contributed by atoms with Gasteiger partial charge in [-0.2, -0.15) is 0 Å². The third kappa shape index (κ3) is 4.35. The van der Waals surface area contributed by atoms with Crippen molar-refractivity contribution >= 4 is 23.6 Å². The average Bonchev–Trinajstić information content (AvgIpc) is 2.98. The molecule has 4 nitrogen and oxygen atoms in total. The normalized spacial score (nSPS) is 19.1. The third-order valence-corrected chi connectivity index (χ3v) is 6.17. The van der Waals surface area contributed by atoms with Crippen molar-refractivity contribution in [2.75, 3.05) is 19.6 Å². The molecule has 0 radical (unpaired) electrons. The molecule has 2 aromatic rings. The Morgan fingerprint density at radius 2 is 1.64 bits per heavy atom. The van der Waals surface area contributed by atoms with Gasteiger partial charge in [0.25, 0.3) is 5.91 Å². The Labute approximate surface area is 167 Å². The zero-order valence-corrected chi connectivity index (χ0v) is 16.6. The number of benzene rings is 2. The highest BCUT2D eigenvalue weighted by Gasteiger charge is 2.38. The van der Waals surface area contributed by atoms with Crippen LogP contribution in [0.2, 0.25) is 0 Å². The molecule has 0 saturated carbocycles. The molecule has 0 unspecified atom stereocenters. The number of hydrogen-bond donors (Lipinski definition) is 0. The second kappa shape index (κ2) is 8.73. The van der Waals surface area contributed by atoms with Crippen LogP contribution in [0.15, 0.2) is 48.5 Å². The van der Waals surface area contributed by atoms with Crippen LogP contribution in [0.25, 0.3) is 0 Å². The summed E-state index contributed by atoms with van der Waals surface area (Å²) in [5.41, 5.74) is 1.27. The topological polar surface area (TPSA) is 40.6 Å². The minimum atomic E-state index is -0.393. The monoisotopic (exact) mass is 404 g/mol. The first kappa shape index (κ1) is 20.3. The largest absolute Gasteiger partial charge is 0.337 e. The van der Waals surface area contributed by atoms with Crippen molar-refractivity contribution in [1.82, 2.24) is 9.80 Å². The lowest BCUT2D eigenvalue weighted by Gasteiger charge is -2.28. The standard InChI is InChI=1S/C21H22F2N2O2S/c1-3-24(20(27)15-4-8-17(22)9-5-15)12-13-25-19(26)14(2)28-21(25)16-6-10-18(23)11-7-16/h4-11,14,21H,3,12-13H2,1-2H3/t14-,21+/m0/s1.